The minimum atomic E-state index is 0.429. The summed E-state index contributed by atoms with van der Waals surface area (Å²) >= 11 is 0. The van der Waals surface area contributed by atoms with E-state index in [2.05, 4.69) is 56.0 Å². The first-order valence-electron chi connectivity index (χ1n) is 11.0. The van der Waals surface area contributed by atoms with E-state index >= 15 is 0 Å². The largest absolute Gasteiger partial charge is 0.367 e. The molecular formula is C23H27N7. The molecule has 2 fully saturated rings. The van der Waals surface area contributed by atoms with Gasteiger partial charge in [0.15, 0.2) is 5.65 Å². The SMILES string of the molecule is CN1CCC[C@H]1c1ccc(N[C@@H]2CC[C@H](c3ncc4cnc5[nH]ccc5n34)C2)nc1. The van der Waals surface area contributed by atoms with Gasteiger partial charge >= 0.3 is 0 Å². The number of H-pyrrole nitrogens is 1. The van der Waals surface area contributed by atoms with Crippen LogP contribution in [0.15, 0.2) is 43.0 Å². The molecular weight excluding hydrogens is 374 g/mol. The minimum absolute atomic E-state index is 0.429. The van der Waals surface area contributed by atoms with Crippen molar-refractivity contribution in [2.45, 2.75) is 50.1 Å². The number of anilines is 1. The summed E-state index contributed by atoms with van der Waals surface area (Å²) in [6.07, 6.45) is 13.7. The normalized spacial score (nSPS) is 24.9. The number of aromatic nitrogens is 5. The van der Waals surface area contributed by atoms with Gasteiger partial charge in [0, 0.05) is 30.4 Å². The molecule has 2 aliphatic rings. The maximum atomic E-state index is 4.77. The van der Waals surface area contributed by atoms with Crippen LogP contribution in [-0.4, -0.2) is 48.9 Å². The smallest absolute Gasteiger partial charge is 0.154 e. The second-order valence-electron chi connectivity index (χ2n) is 8.81. The van der Waals surface area contributed by atoms with Gasteiger partial charge in [0.2, 0.25) is 0 Å². The topological polar surface area (TPSA) is 74.1 Å². The van der Waals surface area contributed by atoms with Crippen LogP contribution in [0, 0.1) is 0 Å². The fourth-order valence-electron chi connectivity index (χ4n) is 5.36. The molecule has 0 amide bonds. The van der Waals surface area contributed by atoms with Crippen LogP contribution >= 0.6 is 0 Å². The molecule has 4 aromatic rings. The van der Waals surface area contributed by atoms with Gasteiger partial charge < -0.3 is 10.3 Å². The highest BCUT2D eigenvalue weighted by Gasteiger charge is 2.29. The van der Waals surface area contributed by atoms with E-state index in [1.807, 2.05) is 18.6 Å². The number of pyridine rings is 1. The Morgan fingerprint density at radius 1 is 1.03 bits per heavy atom. The fourth-order valence-corrected chi connectivity index (χ4v) is 5.36. The van der Waals surface area contributed by atoms with Gasteiger partial charge in [-0.1, -0.05) is 6.07 Å². The zero-order valence-corrected chi connectivity index (χ0v) is 17.3. The highest BCUT2D eigenvalue weighted by molar-refractivity contribution is 5.75. The van der Waals surface area contributed by atoms with E-state index in [1.54, 1.807) is 0 Å². The van der Waals surface area contributed by atoms with Gasteiger partial charge in [-0.15, -0.1) is 0 Å². The molecule has 0 aromatic carbocycles. The molecule has 3 atom stereocenters. The molecule has 0 bridgehead atoms. The van der Waals surface area contributed by atoms with E-state index in [1.165, 1.54) is 24.9 Å². The zero-order chi connectivity index (χ0) is 20.1. The predicted octanol–water partition coefficient (Wildman–Crippen LogP) is 4.12. The van der Waals surface area contributed by atoms with Crippen LogP contribution < -0.4 is 5.32 Å². The average Bonchev–Trinajstić information content (AvgIpc) is 3.54. The van der Waals surface area contributed by atoms with Crippen LogP contribution in [0.5, 0.6) is 0 Å². The van der Waals surface area contributed by atoms with E-state index in [0.717, 1.165) is 47.6 Å². The first-order chi connectivity index (χ1) is 14.8. The fraction of sp³-hybridized carbons (Fsp3) is 0.435. The van der Waals surface area contributed by atoms with Gasteiger partial charge in [0.05, 0.1) is 23.4 Å². The van der Waals surface area contributed by atoms with Crippen molar-refractivity contribution in [3.8, 4) is 0 Å². The maximum absolute atomic E-state index is 4.77. The Labute approximate surface area is 175 Å². The molecule has 0 spiro atoms. The summed E-state index contributed by atoms with van der Waals surface area (Å²) in [4.78, 5) is 19.6. The van der Waals surface area contributed by atoms with Crippen LogP contribution in [0.2, 0.25) is 0 Å². The molecule has 7 nitrogen and oxygen atoms in total. The lowest BCUT2D eigenvalue weighted by atomic mass is 10.1. The van der Waals surface area contributed by atoms with Gasteiger partial charge in [-0.3, -0.25) is 9.30 Å². The third-order valence-corrected chi connectivity index (χ3v) is 6.93. The summed E-state index contributed by atoms with van der Waals surface area (Å²) in [7, 11) is 2.21. The van der Waals surface area contributed by atoms with Crippen molar-refractivity contribution in [1.29, 1.82) is 0 Å². The Hall–Kier alpha value is -2.93. The molecule has 30 heavy (non-hydrogen) atoms. The summed E-state index contributed by atoms with van der Waals surface area (Å²) in [5.41, 5.74) is 4.40. The molecule has 1 saturated heterocycles. The molecule has 1 aliphatic carbocycles. The van der Waals surface area contributed by atoms with Crippen LogP contribution in [0.25, 0.3) is 16.7 Å². The summed E-state index contributed by atoms with van der Waals surface area (Å²) < 4.78 is 2.26. The number of hydrogen-bond donors (Lipinski definition) is 2. The van der Waals surface area contributed by atoms with E-state index < -0.39 is 0 Å². The zero-order valence-electron chi connectivity index (χ0n) is 17.3. The van der Waals surface area contributed by atoms with Gasteiger partial charge in [0.1, 0.15) is 11.6 Å². The molecule has 1 saturated carbocycles. The van der Waals surface area contributed by atoms with E-state index in [-0.39, 0.29) is 0 Å². The molecule has 0 unspecified atom stereocenters. The summed E-state index contributed by atoms with van der Waals surface area (Å²) in [6.45, 7) is 1.18. The number of aromatic amines is 1. The number of imidazole rings is 1. The second-order valence-corrected chi connectivity index (χ2v) is 8.81. The van der Waals surface area contributed by atoms with Crippen molar-refractivity contribution < 1.29 is 0 Å². The van der Waals surface area contributed by atoms with Crippen molar-refractivity contribution in [3.63, 3.8) is 0 Å². The van der Waals surface area contributed by atoms with Crippen LogP contribution in [-0.2, 0) is 0 Å². The lowest BCUT2D eigenvalue weighted by Crippen LogP contribution is -2.19. The molecule has 6 rings (SSSR count). The van der Waals surface area contributed by atoms with E-state index in [9.17, 15) is 0 Å². The Kier molecular flexibility index (Phi) is 4.23. The van der Waals surface area contributed by atoms with E-state index in [0.29, 0.717) is 18.0 Å². The van der Waals surface area contributed by atoms with Gasteiger partial charge in [-0.05, 0) is 63.4 Å². The Morgan fingerprint density at radius 2 is 1.97 bits per heavy atom. The summed E-state index contributed by atoms with van der Waals surface area (Å²) in [5.74, 6) is 2.57. The third-order valence-electron chi connectivity index (χ3n) is 6.93. The number of likely N-dealkylation sites (tertiary alicyclic amines) is 1. The van der Waals surface area contributed by atoms with Gasteiger partial charge in [0.25, 0.3) is 0 Å². The molecule has 7 heteroatoms. The van der Waals surface area contributed by atoms with Gasteiger partial charge in [-0.25, -0.2) is 15.0 Å². The van der Waals surface area contributed by atoms with Crippen molar-refractivity contribution in [2.24, 2.45) is 0 Å². The average molecular weight is 402 g/mol. The molecule has 1 aliphatic heterocycles. The van der Waals surface area contributed by atoms with Gasteiger partial charge in [-0.2, -0.15) is 0 Å². The second kappa shape index (κ2) is 7.09. The predicted molar refractivity (Wildman–Crippen MR) is 118 cm³/mol. The number of hydrogen-bond acceptors (Lipinski definition) is 5. The first kappa shape index (κ1) is 17.9. The summed E-state index contributed by atoms with van der Waals surface area (Å²) in [6, 6.07) is 7.42. The standard InChI is InChI=1S/C23H27N7/c1-29-10-2-3-19(29)16-5-7-21(25-12-16)28-17-6-4-15(11-17)23-27-14-18-13-26-22-20(30(18)23)8-9-24-22/h5,7-9,12-15,17,19,24H,2-4,6,10-11H2,1H3,(H,25,28)/t15-,17+,19-/m0/s1. The maximum Gasteiger partial charge on any atom is 0.154 e. The van der Waals surface area contributed by atoms with Crippen LogP contribution in [0.3, 0.4) is 0 Å². The minimum Gasteiger partial charge on any atom is -0.367 e. The molecule has 4 aromatic heterocycles. The number of nitrogens with zero attached hydrogens (tertiary/aromatic N) is 5. The first-order valence-corrected chi connectivity index (χ1v) is 11.0. The Morgan fingerprint density at radius 3 is 2.80 bits per heavy atom. The molecule has 2 N–H and O–H groups in total. The Bertz CT molecular complexity index is 1180. The highest BCUT2D eigenvalue weighted by Crippen LogP contribution is 2.36. The lowest BCUT2D eigenvalue weighted by molar-refractivity contribution is 0.317. The molecule has 0 radical (unpaired) electrons. The monoisotopic (exact) mass is 401 g/mol. The van der Waals surface area contributed by atoms with Crippen LogP contribution in [0.4, 0.5) is 5.82 Å². The number of rotatable bonds is 4. The number of nitrogens with one attached hydrogen (secondary N) is 2. The quantitative estimate of drug-likeness (QED) is 0.538. The van der Waals surface area contributed by atoms with Crippen molar-refractivity contribution in [3.05, 3.63) is 54.4 Å². The third kappa shape index (κ3) is 2.96. The highest BCUT2D eigenvalue weighted by atomic mass is 15.1. The summed E-state index contributed by atoms with van der Waals surface area (Å²) in [5, 5.41) is 3.66. The van der Waals surface area contributed by atoms with Crippen molar-refractivity contribution >= 4 is 22.5 Å². The molecule has 5 heterocycles. The van der Waals surface area contributed by atoms with Crippen LogP contribution in [0.1, 0.15) is 55.5 Å². The molecule has 154 valence electrons. The van der Waals surface area contributed by atoms with Crippen molar-refractivity contribution in [1.82, 2.24) is 29.2 Å². The lowest BCUT2D eigenvalue weighted by Gasteiger charge is -2.20. The van der Waals surface area contributed by atoms with Crippen molar-refractivity contribution in [2.75, 3.05) is 18.9 Å². The van der Waals surface area contributed by atoms with E-state index in [4.69, 9.17) is 9.97 Å². The Balaban J connectivity index is 1.18. The number of fused-ring (bicyclic) bond motifs is 3.